The summed E-state index contributed by atoms with van der Waals surface area (Å²) in [6.07, 6.45) is 9.27. The molecule has 6 aliphatic carbocycles. The Morgan fingerprint density at radius 3 is 2.33 bits per heavy atom. The highest BCUT2D eigenvalue weighted by atomic mass is 16.5. The third kappa shape index (κ3) is 2.64. The van der Waals surface area contributed by atoms with Crippen molar-refractivity contribution < 1.29 is 24.2 Å². The van der Waals surface area contributed by atoms with Gasteiger partial charge in [-0.25, -0.2) is 0 Å². The molecule has 0 saturated heterocycles. The van der Waals surface area contributed by atoms with Gasteiger partial charge in [-0.2, -0.15) is 0 Å². The largest absolute Gasteiger partial charge is 0.469 e. The number of aliphatic hydroxyl groups is 1. The molecule has 0 radical (unpaired) electrons. The van der Waals surface area contributed by atoms with Crippen molar-refractivity contribution in [3.63, 3.8) is 0 Å². The maximum atomic E-state index is 13.5. The third-order valence-electron chi connectivity index (χ3n) is 11.5. The molecule has 0 amide bonds. The van der Waals surface area contributed by atoms with Crippen molar-refractivity contribution in [1.82, 2.24) is 0 Å². The number of carbonyl (C=O) groups is 2. The number of esters is 2. The van der Waals surface area contributed by atoms with Gasteiger partial charge in [0.05, 0.1) is 31.2 Å². The van der Waals surface area contributed by atoms with E-state index in [1.54, 1.807) is 0 Å². The van der Waals surface area contributed by atoms with E-state index < -0.39 is 16.9 Å². The highest BCUT2D eigenvalue weighted by Gasteiger charge is 2.76. The molecular formula is C28H42O5. The van der Waals surface area contributed by atoms with E-state index in [0.717, 1.165) is 38.5 Å². The minimum Gasteiger partial charge on any atom is -0.469 e. The van der Waals surface area contributed by atoms with E-state index in [9.17, 15) is 14.7 Å². The fourth-order valence-electron chi connectivity index (χ4n) is 10.5. The van der Waals surface area contributed by atoms with E-state index in [-0.39, 0.29) is 40.5 Å². The number of ether oxygens (including phenoxy) is 2. The minimum atomic E-state index is -0.609. The molecule has 6 rings (SSSR count). The normalized spacial score (nSPS) is 50.2. The monoisotopic (exact) mass is 458 g/mol. The van der Waals surface area contributed by atoms with Gasteiger partial charge >= 0.3 is 11.9 Å². The zero-order chi connectivity index (χ0) is 24.0. The second kappa shape index (κ2) is 7.32. The van der Waals surface area contributed by atoms with E-state index in [4.69, 9.17) is 9.47 Å². The molecule has 33 heavy (non-hydrogen) atoms. The van der Waals surface area contributed by atoms with Gasteiger partial charge in [0.25, 0.3) is 0 Å². The predicted molar refractivity (Wildman–Crippen MR) is 125 cm³/mol. The molecule has 1 N–H and O–H groups in total. The highest BCUT2D eigenvalue weighted by molar-refractivity contribution is 5.80. The lowest BCUT2D eigenvalue weighted by atomic mass is 9.32. The molecule has 0 aromatic carbocycles. The number of allylic oxidation sites excluding steroid dienone is 2. The van der Waals surface area contributed by atoms with E-state index in [0.29, 0.717) is 24.7 Å². The number of hydrogen-bond acceptors (Lipinski definition) is 5. The van der Waals surface area contributed by atoms with Crippen molar-refractivity contribution in [3.05, 3.63) is 11.6 Å². The van der Waals surface area contributed by atoms with Crippen LogP contribution in [0.5, 0.6) is 0 Å². The van der Waals surface area contributed by atoms with Crippen LogP contribution in [0.2, 0.25) is 0 Å². The van der Waals surface area contributed by atoms with Gasteiger partial charge < -0.3 is 14.6 Å². The van der Waals surface area contributed by atoms with Crippen LogP contribution in [0.1, 0.15) is 79.1 Å². The lowest BCUT2D eigenvalue weighted by Crippen LogP contribution is -2.69. The third-order valence-corrected chi connectivity index (χ3v) is 11.5. The first-order valence-electron chi connectivity index (χ1n) is 13.1. The average Bonchev–Trinajstić information content (AvgIpc) is 3.17. The number of rotatable bonds is 3. The maximum absolute atomic E-state index is 13.5. The molecule has 0 aliphatic heterocycles. The summed E-state index contributed by atoms with van der Waals surface area (Å²) >= 11 is 0. The van der Waals surface area contributed by atoms with Gasteiger partial charge in [-0.3, -0.25) is 9.59 Å². The Kier molecular flexibility index (Phi) is 5.19. The highest BCUT2D eigenvalue weighted by Crippen LogP contribution is 2.78. The van der Waals surface area contributed by atoms with Gasteiger partial charge in [0.2, 0.25) is 0 Å². The molecule has 184 valence electrons. The lowest BCUT2D eigenvalue weighted by molar-refractivity contribution is -0.224. The second-order valence-corrected chi connectivity index (χ2v) is 12.7. The number of hydrogen-bond donors (Lipinski definition) is 1. The summed E-state index contributed by atoms with van der Waals surface area (Å²) in [5.74, 6) is 0.824. The summed E-state index contributed by atoms with van der Waals surface area (Å²) in [7, 11) is 3.03. The number of carbonyl (C=O) groups excluding carboxylic acids is 2. The minimum absolute atomic E-state index is 0.0126. The van der Waals surface area contributed by atoms with Crippen LogP contribution in [0, 0.1) is 51.2 Å². The van der Waals surface area contributed by atoms with Crippen LogP contribution in [0.3, 0.4) is 0 Å². The Balaban J connectivity index is 1.68. The fraction of sp³-hybridized carbons (Fsp3) is 0.857. The smallest absolute Gasteiger partial charge is 0.312 e. The van der Waals surface area contributed by atoms with Crippen LogP contribution < -0.4 is 0 Å². The molecule has 5 heteroatoms. The SMILES string of the molecule is COC(=O)[C@]12CC[C@H](O)[C@H]1[C@@]13C=C(C(C)C)[C@@H]2C[C@@H]1[C@@]1(C)CCC[C@@](C)(C(=O)OC)[C@@H]1CC3. The first-order valence-corrected chi connectivity index (χ1v) is 13.1. The van der Waals surface area contributed by atoms with E-state index in [2.05, 4.69) is 33.8 Å². The molecule has 6 aliphatic rings. The molecule has 1 spiro atoms. The van der Waals surface area contributed by atoms with Crippen molar-refractivity contribution >= 4 is 11.9 Å². The molecule has 9 atom stereocenters. The van der Waals surface area contributed by atoms with Gasteiger partial charge in [-0.1, -0.05) is 38.8 Å². The van der Waals surface area contributed by atoms with Crippen molar-refractivity contribution in [3.8, 4) is 0 Å². The van der Waals surface area contributed by atoms with Gasteiger partial charge in [0.15, 0.2) is 0 Å². The summed E-state index contributed by atoms with van der Waals surface area (Å²) in [5, 5.41) is 11.4. The van der Waals surface area contributed by atoms with Crippen molar-refractivity contribution in [2.75, 3.05) is 14.2 Å². The topological polar surface area (TPSA) is 72.8 Å². The Morgan fingerprint density at radius 1 is 1.00 bits per heavy atom. The molecule has 0 heterocycles. The van der Waals surface area contributed by atoms with Crippen LogP contribution in [-0.4, -0.2) is 37.4 Å². The van der Waals surface area contributed by atoms with E-state index in [1.165, 1.54) is 19.8 Å². The van der Waals surface area contributed by atoms with Gasteiger partial charge in [0, 0.05) is 5.92 Å². The molecule has 0 aromatic heterocycles. The molecule has 4 fully saturated rings. The van der Waals surface area contributed by atoms with Gasteiger partial charge in [-0.05, 0) is 86.4 Å². The Labute approximate surface area is 198 Å². The maximum Gasteiger partial charge on any atom is 0.312 e. The first kappa shape index (κ1) is 23.4. The molecule has 4 saturated carbocycles. The molecular weight excluding hydrogens is 416 g/mol. The lowest BCUT2D eigenvalue weighted by Gasteiger charge is -2.71. The summed E-state index contributed by atoms with van der Waals surface area (Å²) in [6.45, 7) is 9.02. The fourth-order valence-corrected chi connectivity index (χ4v) is 10.5. The molecule has 5 nitrogen and oxygen atoms in total. The number of aliphatic hydroxyl groups excluding tert-OH is 1. The van der Waals surface area contributed by atoms with Gasteiger partial charge in [0.1, 0.15) is 0 Å². The average molecular weight is 459 g/mol. The van der Waals surface area contributed by atoms with Crippen molar-refractivity contribution in [1.29, 1.82) is 0 Å². The Morgan fingerprint density at radius 2 is 1.70 bits per heavy atom. The van der Waals surface area contributed by atoms with Crippen molar-refractivity contribution in [2.24, 2.45) is 51.2 Å². The van der Waals surface area contributed by atoms with Gasteiger partial charge in [-0.15, -0.1) is 0 Å². The van der Waals surface area contributed by atoms with E-state index in [1.807, 2.05) is 0 Å². The summed E-state index contributed by atoms with van der Waals surface area (Å²) < 4.78 is 10.8. The molecule has 2 bridgehead atoms. The molecule has 0 unspecified atom stereocenters. The zero-order valence-corrected chi connectivity index (χ0v) is 21.3. The Hall–Kier alpha value is -1.36. The first-order chi connectivity index (χ1) is 15.5. The Bertz CT molecular complexity index is 893. The number of fused-ring (bicyclic) bond motifs is 1. The zero-order valence-electron chi connectivity index (χ0n) is 21.3. The van der Waals surface area contributed by atoms with Crippen LogP contribution in [0.15, 0.2) is 11.6 Å². The second-order valence-electron chi connectivity index (χ2n) is 12.7. The standard InChI is InChI=1S/C28H42O5/c1-16(2)17-15-27-12-9-20-25(3,10-7-11-26(20,4)23(30)32-5)21(27)14-18(17)28(24(31)33-6)13-8-19(29)22(27)28/h15-16,18-22,29H,7-14H2,1-6H3/t18-,19-,20+,21+,22-,25-,26+,27-,28-/m0/s1. The van der Waals surface area contributed by atoms with Crippen LogP contribution in [0.25, 0.3) is 0 Å². The predicted octanol–water partition coefficient (Wildman–Crippen LogP) is 4.91. The summed E-state index contributed by atoms with van der Waals surface area (Å²) in [4.78, 5) is 26.5. The van der Waals surface area contributed by atoms with Crippen LogP contribution in [0.4, 0.5) is 0 Å². The molecule has 0 aromatic rings. The number of methoxy groups -OCH3 is 2. The summed E-state index contributed by atoms with van der Waals surface area (Å²) in [6, 6.07) is 0. The van der Waals surface area contributed by atoms with Crippen LogP contribution in [-0.2, 0) is 19.1 Å². The van der Waals surface area contributed by atoms with E-state index >= 15 is 0 Å². The van der Waals surface area contributed by atoms with Crippen LogP contribution >= 0.6 is 0 Å². The quantitative estimate of drug-likeness (QED) is 0.480. The summed E-state index contributed by atoms with van der Waals surface area (Å²) in [5.41, 5.74) is 0.107. The van der Waals surface area contributed by atoms with Crippen molar-refractivity contribution in [2.45, 2.75) is 85.2 Å².